The van der Waals surface area contributed by atoms with E-state index < -0.39 is 0 Å². The fraction of sp³-hybridized carbons (Fsp3) is 0.733. The molecule has 0 amide bonds. The Labute approximate surface area is 121 Å². The van der Waals surface area contributed by atoms with Crippen LogP contribution < -0.4 is 11.1 Å². The first kappa shape index (κ1) is 15.0. The van der Waals surface area contributed by atoms with E-state index in [2.05, 4.69) is 15.3 Å². The lowest BCUT2D eigenvalue weighted by molar-refractivity contribution is 0.141. The van der Waals surface area contributed by atoms with Crippen molar-refractivity contribution in [3.05, 3.63) is 11.4 Å². The van der Waals surface area contributed by atoms with Gasteiger partial charge in [-0.2, -0.15) is 0 Å². The van der Waals surface area contributed by atoms with E-state index in [4.69, 9.17) is 5.73 Å². The Morgan fingerprint density at radius 1 is 1.25 bits per heavy atom. The lowest BCUT2D eigenvalue weighted by Gasteiger charge is -2.30. The van der Waals surface area contributed by atoms with Gasteiger partial charge in [0.25, 0.3) is 0 Å². The predicted molar refractivity (Wildman–Crippen MR) is 81.6 cm³/mol. The minimum atomic E-state index is 0.289. The number of aromatic nitrogens is 2. The Hall–Kier alpha value is -1.36. The highest BCUT2D eigenvalue weighted by Crippen LogP contribution is 2.30. The Kier molecular flexibility index (Phi) is 5.17. The third-order valence-corrected chi connectivity index (χ3v) is 4.38. The van der Waals surface area contributed by atoms with E-state index >= 15 is 0 Å². The maximum Gasteiger partial charge on any atom is 0.134 e. The molecule has 0 saturated heterocycles. The molecule has 1 heterocycles. The van der Waals surface area contributed by atoms with E-state index in [1.54, 1.807) is 0 Å². The number of nitrogens with two attached hydrogens (primary N) is 1. The molecule has 0 spiro atoms. The molecule has 5 nitrogen and oxygen atoms in total. The van der Waals surface area contributed by atoms with E-state index in [1.165, 1.54) is 19.3 Å². The van der Waals surface area contributed by atoms with E-state index in [0.717, 1.165) is 36.6 Å². The second kappa shape index (κ2) is 6.88. The minimum absolute atomic E-state index is 0.289. The summed E-state index contributed by atoms with van der Waals surface area (Å²) in [6, 6.07) is 0. The predicted octanol–water partition coefficient (Wildman–Crippen LogP) is 2.14. The van der Waals surface area contributed by atoms with Gasteiger partial charge in [-0.15, -0.1) is 0 Å². The summed E-state index contributed by atoms with van der Waals surface area (Å²) in [6.45, 7) is 5.11. The zero-order chi connectivity index (χ0) is 14.5. The number of nitrogen functional groups attached to an aromatic ring is 1. The van der Waals surface area contributed by atoms with Gasteiger partial charge in [0.15, 0.2) is 0 Å². The minimum Gasteiger partial charge on any atom is -0.396 e. The number of aliphatic hydroxyl groups excluding tert-OH is 1. The maximum atomic E-state index is 9.47. The van der Waals surface area contributed by atoms with Gasteiger partial charge in [0.1, 0.15) is 17.5 Å². The number of aliphatic hydroxyl groups is 1. The average molecular weight is 278 g/mol. The molecular weight excluding hydrogens is 252 g/mol. The fourth-order valence-electron chi connectivity index (χ4n) is 2.93. The summed E-state index contributed by atoms with van der Waals surface area (Å²) in [5.74, 6) is 3.12. The third kappa shape index (κ3) is 3.39. The van der Waals surface area contributed by atoms with Crippen LogP contribution in [-0.4, -0.2) is 28.2 Å². The van der Waals surface area contributed by atoms with Crippen LogP contribution >= 0.6 is 0 Å². The average Bonchev–Trinajstić information content (AvgIpc) is 2.48. The van der Waals surface area contributed by atoms with Crippen molar-refractivity contribution in [1.82, 2.24) is 9.97 Å². The molecule has 1 aliphatic rings. The van der Waals surface area contributed by atoms with Crippen LogP contribution in [-0.2, 0) is 6.42 Å². The summed E-state index contributed by atoms with van der Waals surface area (Å²) in [5, 5.41) is 12.9. The number of anilines is 2. The lowest BCUT2D eigenvalue weighted by Crippen LogP contribution is -2.29. The van der Waals surface area contributed by atoms with Crippen molar-refractivity contribution in [3.8, 4) is 0 Å². The molecule has 1 saturated carbocycles. The number of hydrogen-bond acceptors (Lipinski definition) is 5. The third-order valence-electron chi connectivity index (χ3n) is 4.38. The molecular formula is C15H26N4O. The Morgan fingerprint density at radius 3 is 2.60 bits per heavy atom. The highest BCUT2D eigenvalue weighted by atomic mass is 16.3. The Bertz CT molecular complexity index is 450. The lowest BCUT2D eigenvalue weighted by atomic mass is 9.79. The molecule has 0 aliphatic heterocycles. The number of nitrogens with zero attached hydrogens (tertiary/aromatic N) is 2. The molecule has 2 unspecified atom stereocenters. The molecule has 2 rings (SSSR count). The molecule has 0 bridgehead atoms. The number of hydrogen-bond donors (Lipinski definition) is 3. The first-order chi connectivity index (χ1) is 9.65. The van der Waals surface area contributed by atoms with E-state index in [0.29, 0.717) is 17.7 Å². The number of rotatable bonds is 5. The van der Waals surface area contributed by atoms with Crippen LogP contribution in [0.25, 0.3) is 0 Å². The molecule has 0 radical (unpaired) electrons. The van der Waals surface area contributed by atoms with Crippen molar-refractivity contribution in [2.24, 2.45) is 11.8 Å². The van der Waals surface area contributed by atoms with Crippen molar-refractivity contribution in [3.63, 3.8) is 0 Å². The summed E-state index contributed by atoms with van der Waals surface area (Å²) < 4.78 is 0. The van der Waals surface area contributed by atoms with Gasteiger partial charge in [0.05, 0.1) is 0 Å². The molecule has 0 aromatic carbocycles. The number of nitrogens with one attached hydrogen (secondary N) is 1. The van der Waals surface area contributed by atoms with Gasteiger partial charge in [-0.05, 0) is 31.6 Å². The zero-order valence-corrected chi connectivity index (χ0v) is 12.5. The van der Waals surface area contributed by atoms with Crippen LogP contribution in [0.4, 0.5) is 11.6 Å². The van der Waals surface area contributed by atoms with Crippen LogP contribution in [0.15, 0.2) is 0 Å². The second-order valence-electron chi connectivity index (χ2n) is 5.72. The van der Waals surface area contributed by atoms with Gasteiger partial charge >= 0.3 is 0 Å². The van der Waals surface area contributed by atoms with Crippen molar-refractivity contribution < 1.29 is 5.11 Å². The summed E-state index contributed by atoms with van der Waals surface area (Å²) in [7, 11) is 0. The molecule has 4 N–H and O–H groups in total. The molecule has 20 heavy (non-hydrogen) atoms. The monoisotopic (exact) mass is 278 g/mol. The molecule has 1 aromatic heterocycles. The Balaban J connectivity index is 2.04. The Morgan fingerprint density at radius 2 is 1.95 bits per heavy atom. The molecule has 5 heteroatoms. The van der Waals surface area contributed by atoms with Crippen LogP contribution in [0.5, 0.6) is 0 Å². The molecule has 112 valence electrons. The normalized spacial score (nSPS) is 22.8. The van der Waals surface area contributed by atoms with E-state index in [9.17, 15) is 5.11 Å². The van der Waals surface area contributed by atoms with E-state index in [-0.39, 0.29) is 6.61 Å². The van der Waals surface area contributed by atoms with Gasteiger partial charge in [0, 0.05) is 25.1 Å². The van der Waals surface area contributed by atoms with Crippen LogP contribution in [0.2, 0.25) is 0 Å². The second-order valence-corrected chi connectivity index (χ2v) is 5.72. The van der Waals surface area contributed by atoms with Crippen molar-refractivity contribution in [2.75, 3.05) is 24.2 Å². The standard InChI is InChI=1S/C15H26N4O/c1-3-13-18-14(16)10(2)15(19-13)17-8-11-6-4-5-7-12(11)9-20/h11-12,20H,3-9H2,1-2H3,(H3,16,17,18,19). The topological polar surface area (TPSA) is 84.1 Å². The van der Waals surface area contributed by atoms with Gasteiger partial charge in [0.2, 0.25) is 0 Å². The van der Waals surface area contributed by atoms with Crippen molar-refractivity contribution >= 4 is 11.6 Å². The highest BCUT2D eigenvalue weighted by molar-refractivity contribution is 5.54. The summed E-state index contributed by atoms with van der Waals surface area (Å²) in [6.07, 6.45) is 5.59. The SMILES string of the molecule is CCc1nc(N)c(C)c(NCC2CCCCC2CO)n1. The van der Waals surface area contributed by atoms with Gasteiger partial charge in [-0.25, -0.2) is 9.97 Å². The highest BCUT2D eigenvalue weighted by Gasteiger charge is 2.24. The zero-order valence-electron chi connectivity index (χ0n) is 12.5. The molecule has 2 atom stereocenters. The van der Waals surface area contributed by atoms with Gasteiger partial charge in [-0.1, -0.05) is 19.8 Å². The largest absolute Gasteiger partial charge is 0.396 e. The maximum absolute atomic E-state index is 9.47. The molecule has 1 aromatic rings. The van der Waals surface area contributed by atoms with Crippen LogP contribution in [0.3, 0.4) is 0 Å². The van der Waals surface area contributed by atoms with Gasteiger partial charge < -0.3 is 16.2 Å². The van der Waals surface area contributed by atoms with Crippen molar-refractivity contribution in [2.45, 2.75) is 46.0 Å². The quantitative estimate of drug-likeness (QED) is 0.768. The van der Waals surface area contributed by atoms with Crippen molar-refractivity contribution in [1.29, 1.82) is 0 Å². The van der Waals surface area contributed by atoms with Crippen LogP contribution in [0, 0.1) is 18.8 Å². The fourth-order valence-corrected chi connectivity index (χ4v) is 2.93. The van der Waals surface area contributed by atoms with Gasteiger partial charge in [-0.3, -0.25) is 0 Å². The molecule has 1 aliphatic carbocycles. The number of aryl methyl sites for hydroxylation is 1. The first-order valence-electron chi connectivity index (χ1n) is 7.63. The molecule has 1 fully saturated rings. The van der Waals surface area contributed by atoms with Crippen LogP contribution in [0.1, 0.15) is 44.0 Å². The smallest absolute Gasteiger partial charge is 0.134 e. The van der Waals surface area contributed by atoms with E-state index in [1.807, 2.05) is 13.8 Å². The summed E-state index contributed by atoms with van der Waals surface area (Å²) in [5.41, 5.74) is 6.84. The summed E-state index contributed by atoms with van der Waals surface area (Å²) >= 11 is 0. The summed E-state index contributed by atoms with van der Waals surface area (Å²) in [4.78, 5) is 8.79. The first-order valence-corrected chi connectivity index (χ1v) is 7.63.